The van der Waals surface area contributed by atoms with E-state index in [1.54, 1.807) is 0 Å². The molecule has 1 aliphatic heterocycles. The summed E-state index contributed by atoms with van der Waals surface area (Å²) in [6.45, 7) is 12.1. The molecule has 2 heterocycles. The maximum Gasteiger partial charge on any atom is 0.293 e. The molecule has 2 aromatic carbocycles. The molecule has 0 bridgehead atoms. The molecule has 1 fully saturated rings. The number of hydrogen-bond acceptors (Lipinski definition) is 5. The fourth-order valence-electron chi connectivity index (χ4n) is 3.83. The zero-order valence-electron chi connectivity index (χ0n) is 20.9. The van der Waals surface area contributed by atoms with Crippen molar-refractivity contribution in [3.63, 3.8) is 0 Å². The topological polar surface area (TPSA) is 70.3 Å². The molecule has 0 atom stereocenters. The first-order chi connectivity index (χ1) is 16.9. The lowest BCUT2D eigenvalue weighted by Gasteiger charge is -2.26. The molecule has 1 aromatic heterocycles. The van der Waals surface area contributed by atoms with Gasteiger partial charge in [0.05, 0.1) is 17.2 Å². The zero-order chi connectivity index (χ0) is 25.1. The molecule has 182 valence electrons. The lowest BCUT2D eigenvalue weighted by atomic mass is 10.1. The monoisotopic (exact) mass is 470 g/mol. The molecule has 35 heavy (non-hydrogen) atoms. The van der Waals surface area contributed by atoms with Crippen molar-refractivity contribution in [3.05, 3.63) is 71.4 Å². The van der Waals surface area contributed by atoms with Gasteiger partial charge in [-0.1, -0.05) is 42.2 Å². The van der Waals surface area contributed by atoms with E-state index in [1.165, 1.54) is 5.56 Å². The Labute approximate surface area is 208 Å². The van der Waals surface area contributed by atoms with Crippen molar-refractivity contribution < 1.29 is 9.53 Å². The number of hydrogen-bond donors (Lipinski definition) is 1. The summed E-state index contributed by atoms with van der Waals surface area (Å²) >= 11 is 0. The van der Waals surface area contributed by atoms with Crippen LogP contribution in [-0.2, 0) is 16.1 Å². The molecule has 0 unspecified atom stereocenters. The number of fused-ring (bicyclic) bond motifs is 1. The first-order valence-corrected chi connectivity index (χ1v) is 12.0. The van der Waals surface area contributed by atoms with Crippen LogP contribution in [0.25, 0.3) is 10.9 Å². The van der Waals surface area contributed by atoms with Crippen LogP contribution in [0, 0.1) is 23.2 Å². The minimum absolute atomic E-state index is 0.318. The number of carbonyl (C=O) groups is 1. The normalized spacial score (nSPS) is 13.7. The van der Waals surface area contributed by atoms with Gasteiger partial charge >= 0.3 is 0 Å². The number of rotatable bonds is 5. The third kappa shape index (κ3) is 8.30. The van der Waals surface area contributed by atoms with E-state index in [0.29, 0.717) is 12.0 Å². The van der Waals surface area contributed by atoms with E-state index in [2.05, 4.69) is 67.9 Å². The number of nitriles is 1. The highest BCUT2D eigenvalue weighted by molar-refractivity contribution is 5.88. The van der Waals surface area contributed by atoms with Crippen LogP contribution in [0.1, 0.15) is 43.9 Å². The van der Waals surface area contributed by atoms with Gasteiger partial charge < -0.3 is 14.6 Å². The minimum Gasteiger partial charge on any atom is -0.462 e. The molecule has 0 amide bonds. The van der Waals surface area contributed by atoms with Crippen molar-refractivity contribution in [2.24, 2.45) is 0 Å². The summed E-state index contributed by atoms with van der Waals surface area (Å²) in [4.78, 5) is 12.1. The molecule has 3 aromatic rings. The van der Waals surface area contributed by atoms with Gasteiger partial charge in [0.15, 0.2) is 0 Å². The van der Waals surface area contributed by atoms with Gasteiger partial charge in [0.1, 0.15) is 5.60 Å². The average molecular weight is 471 g/mol. The molecule has 6 nitrogen and oxygen atoms in total. The fraction of sp³-hybridized carbons (Fsp3) is 0.379. The average Bonchev–Trinajstić information content (AvgIpc) is 3.19. The zero-order valence-corrected chi connectivity index (χ0v) is 20.9. The Hall–Kier alpha value is -3.58. The molecule has 4 rings (SSSR count). The van der Waals surface area contributed by atoms with E-state index in [9.17, 15) is 10.1 Å². The predicted molar refractivity (Wildman–Crippen MR) is 140 cm³/mol. The van der Waals surface area contributed by atoms with Crippen LogP contribution < -0.4 is 5.32 Å². The van der Waals surface area contributed by atoms with Gasteiger partial charge in [0.2, 0.25) is 0 Å². The number of piperazine rings is 1. The highest BCUT2D eigenvalue weighted by atomic mass is 16.5. The second-order valence-electron chi connectivity index (χ2n) is 9.47. The number of carbonyl (C=O) groups excluding carboxylic acids is 1. The van der Waals surface area contributed by atoms with E-state index < -0.39 is 0 Å². The first kappa shape index (κ1) is 26.0. The van der Waals surface area contributed by atoms with Crippen molar-refractivity contribution in [1.29, 1.82) is 5.26 Å². The van der Waals surface area contributed by atoms with Gasteiger partial charge in [-0.3, -0.25) is 9.69 Å². The van der Waals surface area contributed by atoms with Crippen LogP contribution in [0.2, 0.25) is 0 Å². The van der Waals surface area contributed by atoms with Crippen molar-refractivity contribution in [3.8, 4) is 17.9 Å². The SMILES string of the molecule is CC(C)(C)OC=O.N#Cc1ccc2c(c1)c(C#CCCN1CCNCC1)cn2Cc1ccccc1. The van der Waals surface area contributed by atoms with E-state index in [1.807, 2.05) is 45.0 Å². The Kier molecular flexibility index (Phi) is 9.49. The Morgan fingerprint density at radius 1 is 1.11 bits per heavy atom. The number of nitrogens with zero attached hydrogens (tertiary/aromatic N) is 3. The highest BCUT2D eigenvalue weighted by Gasteiger charge is 2.10. The Bertz CT molecular complexity index is 1200. The van der Waals surface area contributed by atoms with Crippen molar-refractivity contribution in [2.45, 2.75) is 39.3 Å². The van der Waals surface area contributed by atoms with Crippen molar-refractivity contribution >= 4 is 17.4 Å². The minimum atomic E-state index is -0.318. The third-order valence-electron chi connectivity index (χ3n) is 5.59. The Morgan fingerprint density at radius 3 is 2.49 bits per heavy atom. The summed E-state index contributed by atoms with van der Waals surface area (Å²) in [5, 5.41) is 13.7. The van der Waals surface area contributed by atoms with Crippen molar-refractivity contribution in [2.75, 3.05) is 32.7 Å². The molecule has 0 radical (unpaired) electrons. The predicted octanol–water partition coefficient (Wildman–Crippen LogP) is 4.17. The van der Waals surface area contributed by atoms with Gasteiger partial charge in [-0.15, -0.1) is 0 Å². The number of aromatic nitrogens is 1. The molecule has 0 spiro atoms. The van der Waals surface area contributed by atoms with Gasteiger partial charge in [0.25, 0.3) is 6.47 Å². The van der Waals surface area contributed by atoms with Gasteiger partial charge in [0, 0.05) is 62.8 Å². The standard InChI is InChI=1S/C24H24N4.C5H10O2/c25-17-21-9-10-24-23(16-21)22(8-4-5-13-27-14-11-26-12-15-27)19-28(24)18-20-6-2-1-3-7-20;1-5(2,3)7-4-6/h1-3,6-7,9-10,16,19,26H,5,11-15,18H2;4H,1-3H3. The molecule has 0 saturated carbocycles. The van der Waals surface area contributed by atoms with Gasteiger partial charge in [-0.05, 0) is 44.5 Å². The second kappa shape index (κ2) is 12.8. The molecule has 1 N–H and O–H groups in total. The first-order valence-electron chi connectivity index (χ1n) is 12.0. The summed E-state index contributed by atoms with van der Waals surface area (Å²) in [6, 6.07) is 18.5. The van der Waals surface area contributed by atoms with Gasteiger partial charge in [-0.2, -0.15) is 5.26 Å². The Balaban J connectivity index is 0.000000429. The largest absolute Gasteiger partial charge is 0.462 e. The van der Waals surface area contributed by atoms with Crippen LogP contribution in [0.4, 0.5) is 0 Å². The fourth-order valence-corrected chi connectivity index (χ4v) is 3.83. The van der Waals surface area contributed by atoms with Crippen LogP contribution in [0.3, 0.4) is 0 Å². The molecule has 6 heteroatoms. The van der Waals surface area contributed by atoms with Crippen LogP contribution in [0.5, 0.6) is 0 Å². The quantitative estimate of drug-likeness (QED) is 0.448. The summed E-state index contributed by atoms with van der Waals surface area (Å²) in [5.74, 6) is 6.71. The number of nitrogens with one attached hydrogen (secondary N) is 1. The van der Waals surface area contributed by atoms with E-state index in [-0.39, 0.29) is 5.60 Å². The number of ether oxygens (including phenoxy) is 1. The molecule has 1 saturated heterocycles. The summed E-state index contributed by atoms with van der Waals surface area (Å²) in [7, 11) is 0. The second-order valence-corrected chi connectivity index (χ2v) is 9.47. The van der Waals surface area contributed by atoms with Gasteiger partial charge in [-0.25, -0.2) is 0 Å². The molecular weight excluding hydrogens is 436 g/mol. The summed E-state index contributed by atoms with van der Waals surface area (Å²) < 4.78 is 6.78. The number of benzene rings is 2. The van der Waals surface area contributed by atoms with E-state index >= 15 is 0 Å². The third-order valence-corrected chi connectivity index (χ3v) is 5.59. The molecular formula is C29H34N4O2. The van der Waals surface area contributed by atoms with Crippen LogP contribution in [-0.4, -0.2) is 54.3 Å². The smallest absolute Gasteiger partial charge is 0.293 e. The maximum atomic E-state index is 9.60. The maximum absolute atomic E-state index is 9.60. The van der Waals surface area contributed by atoms with Crippen LogP contribution >= 0.6 is 0 Å². The van der Waals surface area contributed by atoms with Crippen LogP contribution in [0.15, 0.2) is 54.7 Å². The highest BCUT2D eigenvalue weighted by Crippen LogP contribution is 2.23. The summed E-state index contributed by atoms with van der Waals surface area (Å²) in [6.07, 6.45) is 2.99. The molecule has 1 aliphatic rings. The molecule has 0 aliphatic carbocycles. The lowest BCUT2D eigenvalue weighted by molar-refractivity contribution is -0.138. The Morgan fingerprint density at radius 2 is 1.86 bits per heavy atom. The summed E-state index contributed by atoms with van der Waals surface area (Å²) in [5.41, 5.74) is 3.73. The van der Waals surface area contributed by atoms with E-state index in [0.717, 1.165) is 62.2 Å². The lowest BCUT2D eigenvalue weighted by Crippen LogP contribution is -2.43. The van der Waals surface area contributed by atoms with Crippen molar-refractivity contribution in [1.82, 2.24) is 14.8 Å². The van der Waals surface area contributed by atoms with E-state index in [4.69, 9.17) is 0 Å².